The smallest absolute Gasteiger partial charge is 0.267 e. The molecule has 0 saturated heterocycles. The number of nitrogens with zero attached hydrogens (tertiary/aromatic N) is 4. The number of nitriles is 1. The van der Waals surface area contributed by atoms with Crippen LogP contribution in [0.5, 0.6) is 0 Å². The van der Waals surface area contributed by atoms with Gasteiger partial charge in [-0.25, -0.2) is 4.68 Å². The van der Waals surface area contributed by atoms with E-state index in [0.29, 0.717) is 6.54 Å². The minimum absolute atomic E-state index is 0.0956. The largest absolute Gasteiger partial charge is 0.343 e. The van der Waals surface area contributed by atoms with Crippen LogP contribution in [0.2, 0.25) is 0 Å². The lowest BCUT2D eigenvalue weighted by molar-refractivity contribution is -0.130. The predicted octanol–water partition coefficient (Wildman–Crippen LogP) is -0.385. The maximum absolute atomic E-state index is 11.6. The van der Waals surface area contributed by atoms with Gasteiger partial charge in [0, 0.05) is 25.9 Å². The fraction of sp³-hybridized carbons (Fsp3) is 0.400. The van der Waals surface area contributed by atoms with E-state index in [1.54, 1.807) is 7.05 Å². The molecule has 0 atom stereocenters. The summed E-state index contributed by atoms with van der Waals surface area (Å²) in [5.41, 5.74) is -0.315. The quantitative estimate of drug-likeness (QED) is 0.692. The molecule has 0 fully saturated rings. The van der Waals surface area contributed by atoms with Crippen molar-refractivity contribution in [3.63, 3.8) is 0 Å². The molecule has 6 heteroatoms. The van der Waals surface area contributed by atoms with Crippen LogP contribution >= 0.6 is 0 Å². The fourth-order valence-corrected chi connectivity index (χ4v) is 1.10. The molecule has 0 unspecified atom stereocenters. The van der Waals surface area contributed by atoms with E-state index in [2.05, 4.69) is 5.10 Å². The second-order valence-electron chi connectivity index (χ2n) is 3.24. The van der Waals surface area contributed by atoms with Gasteiger partial charge < -0.3 is 4.90 Å². The van der Waals surface area contributed by atoms with Gasteiger partial charge in [0.05, 0.1) is 12.5 Å². The lowest BCUT2D eigenvalue weighted by atomic mass is 10.4. The van der Waals surface area contributed by atoms with E-state index in [9.17, 15) is 9.59 Å². The van der Waals surface area contributed by atoms with Crippen LogP contribution in [0.4, 0.5) is 0 Å². The van der Waals surface area contributed by atoms with Crippen molar-refractivity contribution >= 4 is 5.91 Å². The molecule has 0 aliphatic carbocycles. The van der Waals surface area contributed by atoms with Gasteiger partial charge in [0.25, 0.3) is 5.56 Å². The predicted molar refractivity (Wildman–Crippen MR) is 56.4 cm³/mol. The van der Waals surface area contributed by atoms with E-state index >= 15 is 0 Å². The summed E-state index contributed by atoms with van der Waals surface area (Å²) in [5, 5.41) is 12.1. The Kier molecular flexibility index (Phi) is 4.21. The summed E-state index contributed by atoms with van der Waals surface area (Å²) >= 11 is 0. The maximum Gasteiger partial charge on any atom is 0.267 e. The number of hydrogen-bond acceptors (Lipinski definition) is 4. The molecule has 0 aliphatic rings. The average molecular weight is 220 g/mol. The van der Waals surface area contributed by atoms with Crippen LogP contribution in [0.3, 0.4) is 0 Å². The summed E-state index contributed by atoms with van der Waals surface area (Å²) in [6, 6.07) is 4.81. The van der Waals surface area contributed by atoms with Gasteiger partial charge in [0.2, 0.25) is 5.91 Å². The van der Waals surface area contributed by atoms with Crippen molar-refractivity contribution in [2.75, 3.05) is 13.6 Å². The fourth-order valence-electron chi connectivity index (χ4n) is 1.10. The highest BCUT2D eigenvalue weighted by molar-refractivity contribution is 5.75. The third kappa shape index (κ3) is 3.20. The first-order valence-corrected chi connectivity index (χ1v) is 4.78. The lowest BCUT2D eigenvalue weighted by Crippen LogP contribution is -2.35. The van der Waals surface area contributed by atoms with Crippen molar-refractivity contribution in [3.05, 3.63) is 28.7 Å². The van der Waals surface area contributed by atoms with Crippen LogP contribution in [0.1, 0.15) is 6.42 Å². The van der Waals surface area contributed by atoms with Crippen LogP contribution in [0.25, 0.3) is 0 Å². The molecule has 0 N–H and O–H groups in total. The maximum atomic E-state index is 11.6. The number of carbonyl (C=O) groups is 1. The van der Waals surface area contributed by atoms with Gasteiger partial charge in [-0.1, -0.05) is 0 Å². The van der Waals surface area contributed by atoms with Crippen molar-refractivity contribution < 1.29 is 4.79 Å². The van der Waals surface area contributed by atoms with Crippen molar-refractivity contribution in [1.29, 1.82) is 5.26 Å². The van der Waals surface area contributed by atoms with Gasteiger partial charge in [-0.2, -0.15) is 10.4 Å². The Morgan fingerprint density at radius 3 is 3.06 bits per heavy atom. The molecule has 6 nitrogen and oxygen atoms in total. The van der Waals surface area contributed by atoms with E-state index in [1.165, 1.54) is 23.2 Å². The molecule has 0 bridgehead atoms. The Hall–Kier alpha value is -2.16. The average Bonchev–Trinajstić information content (AvgIpc) is 2.28. The Morgan fingerprint density at radius 2 is 2.44 bits per heavy atom. The first kappa shape index (κ1) is 11.9. The molecule has 1 heterocycles. The Balaban J connectivity index is 2.62. The van der Waals surface area contributed by atoms with Crippen LogP contribution in [-0.2, 0) is 11.3 Å². The SMILES string of the molecule is CN(CCC#N)C(=O)Cn1ncccc1=O. The zero-order chi connectivity index (χ0) is 12.0. The van der Waals surface area contributed by atoms with Crippen molar-refractivity contribution in [3.8, 4) is 6.07 Å². The highest BCUT2D eigenvalue weighted by Gasteiger charge is 2.09. The molecule has 0 aromatic carbocycles. The summed E-state index contributed by atoms with van der Waals surface area (Å²) in [5.74, 6) is -0.240. The van der Waals surface area contributed by atoms with E-state index in [0.717, 1.165) is 4.68 Å². The highest BCUT2D eigenvalue weighted by atomic mass is 16.2. The number of carbonyl (C=O) groups excluding carboxylic acids is 1. The number of rotatable bonds is 4. The highest BCUT2D eigenvalue weighted by Crippen LogP contribution is 1.90. The molecule has 84 valence electrons. The standard InChI is InChI=1S/C10H12N4O2/c1-13(7-3-5-11)10(16)8-14-9(15)4-2-6-12-14/h2,4,6H,3,7-8H2,1H3. The minimum Gasteiger partial charge on any atom is -0.343 e. The topological polar surface area (TPSA) is 79.0 Å². The molecule has 1 aromatic rings. The van der Waals surface area contributed by atoms with Gasteiger partial charge in [-0.15, -0.1) is 0 Å². The molecule has 0 radical (unpaired) electrons. The normalized spacial score (nSPS) is 9.50. The van der Waals surface area contributed by atoms with Crippen LogP contribution < -0.4 is 5.56 Å². The molecule has 1 aromatic heterocycles. The molecular weight excluding hydrogens is 208 g/mol. The number of amides is 1. The molecule has 1 amide bonds. The first-order valence-electron chi connectivity index (χ1n) is 4.78. The summed E-state index contributed by atoms with van der Waals surface area (Å²) < 4.78 is 1.09. The summed E-state index contributed by atoms with van der Waals surface area (Å²) in [6.45, 7) is 0.262. The monoisotopic (exact) mass is 220 g/mol. The van der Waals surface area contributed by atoms with Gasteiger partial charge in [-0.3, -0.25) is 9.59 Å². The summed E-state index contributed by atoms with van der Waals surface area (Å²) in [4.78, 5) is 24.3. The Bertz CT molecular complexity index is 460. The molecule has 16 heavy (non-hydrogen) atoms. The van der Waals surface area contributed by atoms with E-state index < -0.39 is 0 Å². The Morgan fingerprint density at radius 1 is 1.69 bits per heavy atom. The van der Waals surface area contributed by atoms with Gasteiger partial charge >= 0.3 is 0 Å². The van der Waals surface area contributed by atoms with E-state index in [4.69, 9.17) is 5.26 Å². The summed E-state index contributed by atoms with van der Waals surface area (Å²) in [6.07, 6.45) is 1.73. The molecular formula is C10H12N4O2. The third-order valence-corrected chi connectivity index (χ3v) is 2.06. The van der Waals surface area contributed by atoms with Gasteiger partial charge in [-0.05, 0) is 6.07 Å². The first-order chi connectivity index (χ1) is 7.65. The van der Waals surface area contributed by atoms with Gasteiger partial charge in [0.15, 0.2) is 0 Å². The van der Waals surface area contributed by atoms with E-state index in [-0.39, 0.29) is 24.4 Å². The van der Waals surface area contributed by atoms with Crippen LogP contribution in [0.15, 0.2) is 23.1 Å². The second kappa shape index (κ2) is 5.66. The van der Waals surface area contributed by atoms with Crippen molar-refractivity contribution in [2.45, 2.75) is 13.0 Å². The van der Waals surface area contributed by atoms with Crippen molar-refractivity contribution in [1.82, 2.24) is 14.7 Å². The van der Waals surface area contributed by atoms with Gasteiger partial charge in [0.1, 0.15) is 6.54 Å². The molecule has 1 rings (SSSR count). The molecule has 0 spiro atoms. The number of hydrogen-bond donors (Lipinski definition) is 0. The zero-order valence-corrected chi connectivity index (χ0v) is 8.96. The number of likely N-dealkylation sites (N-methyl/N-ethyl adjacent to an activating group) is 1. The molecule has 0 saturated carbocycles. The van der Waals surface area contributed by atoms with E-state index in [1.807, 2.05) is 6.07 Å². The second-order valence-corrected chi connectivity index (χ2v) is 3.24. The van der Waals surface area contributed by atoms with Crippen LogP contribution in [0, 0.1) is 11.3 Å². The molecule has 0 aliphatic heterocycles. The minimum atomic E-state index is -0.315. The van der Waals surface area contributed by atoms with Crippen molar-refractivity contribution in [2.24, 2.45) is 0 Å². The van der Waals surface area contributed by atoms with Crippen LogP contribution in [-0.4, -0.2) is 34.2 Å². The Labute approximate surface area is 92.7 Å². The lowest BCUT2D eigenvalue weighted by Gasteiger charge is -2.15. The third-order valence-electron chi connectivity index (χ3n) is 2.06. The number of aromatic nitrogens is 2. The summed E-state index contributed by atoms with van der Waals surface area (Å²) in [7, 11) is 1.59. The zero-order valence-electron chi connectivity index (χ0n) is 8.96.